The van der Waals surface area contributed by atoms with Gasteiger partial charge in [0, 0.05) is 6.42 Å². The van der Waals surface area contributed by atoms with E-state index >= 15 is 0 Å². The SMILES string of the molecule is CCOc1ccccc1CC(O)C(=O)OC. The summed E-state index contributed by atoms with van der Waals surface area (Å²) in [5.74, 6) is 0.0549. The second-order valence-corrected chi connectivity index (χ2v) is 3.28. The Bertz CT molecular complexity index is 349. The van der Waals surface area contributed by atoms with E-state index in [1.54, 1.807) is 0 Å². The van der Waals surface area contributed by atoms with Crippen molar-refractivity contribution in [3.8, 4) is 5.75 Å². The first kappa shape index (κ1) is 12.5. The van der Waals surface area contributed by atoms with Gasteiger partial charge in [-0.3, -0.25) is 0 Å². The molecule has 0 heterocycles. The van der Waals surface area contributed by atoms with Gasteiger partial charge in [-0.25, -0.2) is 4.79 Å². The maximum Gasteiger partial charge on any atom is 0.335 e. The fourth-order valence-corrected chi connectivity index (χ4v) is 1.40. The van der Waals surface area contributed by atoms with Gasteiger partial charge in [-0.1, -0.05) is 18.2 Å². The molecule has 4 heteroatoms. The molecule has 0 radical (unpaired) electrons. The number of aliphatic hydroxyl groups excluding tert-OH is 1. The monoisotopic (exact) mass is 224 g/mol. The van der Waals surface area contributed by atoms with Gasteiger partial charge in [0.2, 0.25) is 0 Å². The summed E-state index contributed by atoms with van der Waals surface area (Å²) in [6.45, 7) is 2.43. The van der Waals surface area contributed by atoms with Crippen LogP contribution in [0.15, 0.2) is 24.3 Å². The van der Waals surface area contributed by atoms with Crippen LogP contribution in [0.2, 0.25) is 0 Å². The Kier molecular flexibility index (Phi) is 4.79. The molecule has 1 aromatic carbocycles. The van der Waals surface area contributed by atoms with E-state index in [0.717, 1.165) is 5.56 Å². The van der Waals surface area contributed by atoms with Crippen molar-refractivity contribution in [3.63, 3.8) is 0 Å². The third kappa shape index (κ3) is 3.24. The minimum atomic E-state index is -1.15. The van der Waals surface area contributed by atoms with Gasteiger partial charge in [0.25, 0.3) is 0 Å². The van der Waals surface area contributed by atoms with Crippen LogP contribution in [0, 0.1) is 0 Å². The van der Waals surface area contributed by atoms with Crippen LogP contribution in [0.1, 0.15) is 12.5 Å². The number of hydrogen-bond donors (Lipinski definition) is 1. The summed E-state index contributed by atoms with van der Waals surface area (Å²) in [7, 11) is 1.25. The lowest BCUT2D eigenvalue weighted by atomic mass is 10.1. The third-order valence-electron chi connectivity index (χ3n) is 2.16. The van der Waals surface area contributed by atoms with Gasteiger partial charge >= 0.3 is 5.97 Å². The molecule has 0 saturated carbocycles. The Balaban J connectivity index is 2.75. The van der Waals surface area contributed by atoms with Crippen LogP contribution in [-0.4, -0.2) is 30.9 Å². The molecule has 88 valence electrons. The van der Waals surface area contributed by atoms with Crippen LogP contribution in [0.25, 0.3) is 0 Å². The third-order valence-corrected chi connectivity index (χ3v) is 2.16. The number of esters is 1. The van der Waals surface area contributed by atoms with E-state index in [-0.39, 0.29) is 6.42 Å². The van der Waals surface area contributed by atoms with E-state index in [2.05, 4.69) is 4.74 Å². The van der Waals surface area contributed by atoms with Crippen molar-refractivity contribution in [1.29, 1.82) is 0 Å². The molecule has 0 aliphatic carbocycles. The average molecular weight is 224 g/mol. The summed E-state index contributed by atoms with van der Waals surface area (Å²) in [6.07, 6.45) is -0.949. The molecular formula is C12H16O4. The highest BCUT2D eigenvalue weighted by Crippen LogP contribution is 2.19. The van der Waals surface area contributed by atoms with Crippen LogP contribution < -0.4 is 4.74 Å². The van der Waals surface area contributed by atoms with Crippen molar-refractivity contribution >= 4 is 5.97 Å². The number of hydrogen-bond acceptors (Lipinski definition) is 4. The Hall–Kier alpha value is -1.55. The van der Waals surface area contributed by atoms with Gasteiger partial charge < -0.3 is 14.6 Å². The molecule has 1 unspecified atom stereocenters. The quantitative estimate of drug-likeness (QED) is 0.762. The molecule has 0 saturated heterocycles. The molecule has 1 rings (SSSR count). The minimum Gasteiger partial charge on any atom is -0.494 e. The highest BCUT2D eigenvalue weighted by atomic mass is 16.5. The van der Waals surface area contributed by atoms with E-state index in [0.29, 0.717) is 12.4 Å². The molecule has 0 fully saturated rings. The summed E-state index contributed by atoms with van der Waals surface area (Å²) < 4.78 is 9.84. The normalized spacial score (nSPS) is 11.9. The number of rotatable bonds is 5. The Morgan fingerprint density at radius 3 is 2.75 bits per heavy atom. The smallest absolute Gasteiger partial charge is 0.335 e. The zero-order valence-corrected chi connectivity index (χ0v) is 9.47. The number of ether oxygens (including phenoxy) is 2. The molecule has 0 spiro atoms. The van der Waals surface area contributed by atoms with Crippen molar-refractivity contribution in [1.82, 2.24) is 0 Å². The summed E-state index contributed by atoms with van der Waals surface area (Å²) >= 11 is 0. The molecule has 4 nitrogen and oxygen atoms in total. The number of benzene rings is 1. The predicted molar refractivity (Wildman–Crippen MR) is 59.3 cm³/mol. The van der Waals surface area contributed by atoms with Crippen molar-refractivity contribution < 1.29 is 19.4 Å². The van der Waals surface area contributed by atoms with Crippen LogP contribution >= 0.6 is 0 Å². The lowest BCUT2D eigenvalue weighted by Gasteiger charge is -2.12. The first-order valence-corrected chi connectivity index (χ1v) is 5.15. The van der Waals surface area contributed by atoms with Gasteiger partial charge in [-0.05, 0) is 18.6 Å². The highest BCUT2D eigenvalue weighted by Gasteiger charge is 2.17. The second kappa shape index (κ2) is 6.12. The number of para-hydroxylation sites is 1. The Morgan fingerprint density at radius 2 is 2.12 bits per heavy atom. The molecule has 16 heavy (non-hydrogen) atoms. The molecule has 1 aromatic rings. The van der Waals surface area contributed by atoms with Crippen LogP contribution in [0.5, 0.6) is 5.75 Å². The van der Waals surface area contributed by atoms with Crippen LogP contribution in [0.3, 0.4) is 0 Å². The standard InChI is InChI=1S/C12H16O4/c1-3-16-11-7-5-4-6-9(11)8-10(13)12(14)15-2/h4-7,10,13H,3,8H2,1-2H3. The molecule has 1 N–H and O–H groups in total. The second-order valence-electron chi connectivity index (χ2n) is 3.28. The molecule has 0 bridgehead atoms. The summed E-state index contributed by atoms with van der Waals surface area (Å²) in [6, 6.07) is 7.31. The molecule has 0 aliphatic rings. The molecule has 1 atom stereocenters. The van der Waals surface area contributed by atoms with Gasteiger partial charge in [-0.2, -0.15) is 0 Å². The number of aliphatic hydroxyl groups is 1. The number of carbonyl (C=O) groups is 1. The molecular weight excluding hydrogens is 208 g/mol. The van der Waals surface area contributed by atoms with Gasteiger partial charge in [0.1, 0.15) is 5.75 Å². The minimum absolute atomic E-state index is 0.197. The zero-order chi connectivity index (χ0) is 12.0. The Labute approximate surface area is 94.8 Å². The van der Waals surface area contributed by atoms with E-state index in [4.69, 9.17) is 4.74 Å². The summed E-state index contributed by atoms with van der Waals surface area (Å²) in [4.78, 5) is 11.1. The fraction of sp³-hybridized carbons (Fsp3) is 0.417. The largest absolute Gasteiger partial charge is 0.494 e. The molecule has 0 aromatic heterocycles. The first-order chi connectivity index (χ1) is 7.69. The van der Waals surface area contributed by atoms with E-state index in [1.165, 1.54) is 7.11 Å². The first-order valence-electron chi connectivity index (χ1n) is 5.15. The average Bonchev–Trinajstić information content (AvgIpc) is 2.31. The zero-order valence-electron chi connectivity index (χ0n) is 9.47. The summed E-state index contributed by atoms with van der Waals surface area (Å²) in [5, 5.41) is 9.53. The van der Waals surface area contributed by atoms with Crippen LogP contribution in [0.4, 0.5) is 0 Å². The van der Waals surface area contributed by atoms with Crippen molar-refractivity contribution in [2.75, 3.05) is 13.7 Å². The lowest BCUT2D eigenvalue weighted by Crippen LogP contribution is -2.24. The van der Waals surface area contributed by atoms with E-state index < -0.39 is 12.1 Å². The van der Waals surface area contributed by atoms with Crippen LogP contribution in [-0.2, 0) is 16.0 Å². The van der Waals surface area contributed by atoms with Crippen molar-refractivity contribution in [2.24, 2.45) is 0 Å². The van der Waals surface area contributed by atoms with Gasteiger partial charge in [-0.15, -0.1) is 0 Å². The van der Waals surface area contributed by atoms with Crippen molar-refractivity contribution in [2.45, 2.75) is 19.4 Å². The number of carbonyl (C=O) groups excluding carboxylic acids is 1. The molecule has 0 amide bonds. The maximum atomic E-state index is 11.1. The Morgan fingerprint density at radius 1 is 1.44 bits per heavy atom. The lowest BCUT2D eigenvalue weighted by molar-refractivity contribution is -0.150. The van der Waals surface area contributed by atoms with Gasteiger partial charge in [0.15, 0.2) is 6.10 Å². The van der Waals surface area contributed by atoms with E-state index in [9.17, 15) is 9.90 Å². The molecule has 0 aliphatic heterocycles. The van der Waals surface area contributed by atoms with Gasteiger partial charge in [0.05, 0.1) is 13.7 Å². The maximum absolute atomic E-state index is 11.1. The predicted octanol–water partition coefficient (Wildman–Crippen LogP) is 1.16. The summed E-state index contributed by atoms with van der Waals surface area (Å²) in [5.41, 5.74) is 0.794. The topological polar surface area (TPSA) is 55.8 Å². The van der Waals surface area contributed by atoms with E-state index in [1.807, 2.05) is 31.2 Å². The highest BCUT2D eigenvalue weighted by molar-refractivity contribution is 5.74. The van der Waals surface area contributed by atoms with Crippen molar-refractivity contribution in [3.05, 3.63) is 29.8 Å². The fourth-order valence-electron chi connectivity index (χ4n) is 1.40. The number of methoxy groups -OCH3 is 1.